The summed E-state index contributed by atoms with van der Waals surface area (Å²) in [4.78, 5) is 34.4. The number of rotatable bonds is 4. The molecule has 0 spiro atoms. The van der Waals surface area contributed by atoms with Gasteiger partial charge in [-0.3, -0.25) is 14.6 Å². The number of benzene rings is 2. The maximum atomic E-state index is 13.4. The number of halogens is 1. The van der Waals surface area contributed by atoms with Gasteiger partial charge in [-0.25, -0.2) is 0 Å². The van der Waals surface area contributed by atoms with Crippen LogP contribution in [0.3, 0.4) is 0 Å². The zero-order valence-electron chi connectivity index (χ0n) is 16.7. The van der Waals surface area contributed by atoms with Crippen LogP contribution in [-0.4, -0.2) is 46.3 Å². The van der Waals surface area contributed by atoms with Gasteiger partial charge in [-0.1, -0.05) is 41.9 Å². The second-order valence-corrected chi connectivity index (χ2v) is 8.07. The topological polar surface area (TPSA) is 62.7 Å². The Kier molecular flexibility index (Phi) is 4.87. The summed E-state index contributed by atoms with van der Waals surface area (Å²) in [5.74, 6) is 0.270. The number of aromatic nitrogens is 1. The van der Waals surface area contributed by atoms with Crippen LogP contribution >= 0.6 is 11.6 Å². The van der Waals surface area contributed by atoms with Crippen LogP contribution in [0.25, 0.3) is 0 Å². The second kappa shape index (κ2) is 7.71. The van der Waals surface area contributed by atoms with Gasteiger partial charge in [-0.2, -0.15) is 0 Å². The van der Waals surface area contributed by atoms with Gasteiger partial charge < -0.3 is 14.5 Å². The molecule has 31 heavy (non-hydrogen) atoms. The number of hydrogen-bond donors (Lipinski definition) is 0. The van der Waals surface area contributed by atoms with E-state index in [1.807, 2.05) is 36.4 Å². The smallest absolute Gasteiger partial charge is 0.262 e. The molecule has 0 bridgehead atoms. The van der Waals surface area contributed by atoms with Gasteiger partial charge in [0.2, 0.25) is 0 Å². The molecule has 2 aromatic carbocycles. The van der Waals surface area contributed by atoms with Crippen LogP contribution in [0.2, 0.25) is 5.02 Å². The molecule has 1 aromatic heterocycles. The van der Waals surface area contributed by atoms with Gasteiger partial charge >= 0.3 is 0 Å². The monoisotopic (exact) mass is 433 g/mol. The summed E-state index contributed by atoms with van der Waals surface area (Å²) in [5, 5.41) is 0.602. The van der Waals surface area contributed by atoms with Crippen molar-refractivity contribution in [3.63, 3.8) is 0 Å². The lowest BCUT2D eigenvalue weighted by Crippen LogP contribution is -2.59. The molecule has 1 atom stereocenters. The highest BCUT2D eigenvalue weighted by atomic mass is 35.5. The fourth-order valence-corrected chi connectivity index (χ4v) is 4.71. The first kappa shape index (κ1) is 19.6. The summed E-state index contributed by atoms with van der Waals surface area (Å²) >= 11 is 6.13. The largest absolute Gasteiger partial charge is 0.482 e. The molecule has 2 aliphatic heterocycles. The number of fused-ring (bicyclic) bond motifs is 2. The summed E-state index contributed by atoms with van der Waals surface area (Å²) in [6.07, 6.45) is 3.72. The van der Waals surface area contributed by atoms with E-state index in [9.17, 15) is 9.59 Å². The highest BCUT2D eigenvalue weighted by Crippen LogP contribution is 2.45. The van der Waals surface area contributed by atoms with Gasteiger partial charge in [0.05, 0.1) is 6.20 Å². The van der Waals surface area contributed by atoms with Crippen molar-refractivity contribution < 1.29 is 14.3 Å². The third-order valence-corrected chi connectivity index (χ3v) is 6.23. The number of amides is 2. The second-order valence-electron chi connectivity index (χ2n) is 7.64. The average molecular weight is 434 g/mol. The van der Waals surface area contributed by atoms with Crippen LogP contribution in [0.4, 0.5) is 0 Å². The van der Waals surface area contributed by atoms with Gasteiger partial charge in [0.25, 0.3) is 11.8 Å². The van der Waals surface area contributed by atoms with Crippen LogP contribution in [0.15, 0.2) is 73.1 Å². The molecule has 3 heterocycles. The average Bonchev–Trinajstić information content (AvgIpc) is 3.19. The highest BCUT2D eigenvalue weighted by Gasteiger charge is 2.55. The Hall–Kier alpha value is -3.38. The SMILES string of the molecule is O=C(COc1cccnc1)N1CCN2C(=O)c3ccccc3CC12c1ccc(Cl)cc1. The predicted molar refractivity (Wildman–Crippen MR) is 116 cm³/mol. The summed E-state index contributed by atoms with van der Waals surface area (Å²) in [7, 11) is 0. The predicted octanol–water partition coefficient (Wildman–Crippen LogP) is 3.51. The number of carbonyl (C=O) groups is 2. The summed E-state index contributed by atoms with van der Waals surface area (Å²) in [6, 6.07) is 18.5. The summed E-state index contributed by atoms with van der Waals surface area (Å²) < 4.78 is 5.68. The molecule has 0 radical (unpaired) electrons. The van der Waals surface area contributed by atoms with Gasteiger partial charge in [0, 0.05) is 36.3 Å². The molecule has 1 unspecified atom stereocenters. The van der Waals surface area contributed by atoms with Crippen LogP contribution < -0.4 is 4.74 Å². The van der Waals surface area contributed by atoms with E-state index in [0.717, 1.165) is 11.1 Å². The minimum Gasteiger partial charge on any atom is -0.482 e. The van der Waals surface area contributed by atoms with E-state index < -0.39 is 5.66 Å². The van der Waals surface area contributed by atoms with E-state index in [2.05, 4.69) is 4.98 Å². The fraction of sp³-hybridized carbons (Fsp3) is 0.208. The number of nitrogens with zero attached hydrogens (tertiary/aromatic N) is 3. The van der Waals surface area contributed by atoms with Gasteiger partial charge in [0.1, 0.15) is 11.4 Å². The molecule has 3 aromatic rings. The highest BCUT2D eigenvalue weighted by molar-refractivity contribution is 6.30. The lowest BCUT2D eigenvalue weighted by molar-refractivity contribution is -0.141. The van der Waals surface area contributed by atoms with Gasteiger partial charge in [-0.15, -0.1) is 0 Å². The molecular weight excluding hydrogens is 414 g/mol. The lowest BCUT2D eigenvalue weighted by atomic mass is 9.84. The maximum Gasteiger partial charge on any atom is 0.262 e. The van der Waals surface area contributed by atoms with Crippen LogP contribution in [0.5, 0.6) is 5.75 Å². The van der Waals surface area contributed by atoms with Crippen molar-refractivity contribution in [1.82, 2.24) is 14.8 Å². The van der Waals surface area contributed by atoms with Crippen molar-refractivity contribution in [1.29, 1.82) is 0 Å². The number of carbonyl (C=O) groups excluding carboxylic acids is 2. The van der Waals surface area contributed by atoms with E-state index in [0.29, 0.717) is 35.8 Å². The van der Waals surface area contributed by atoms with E-state index in [1.165, 1.54) is 0 Å². The molecule has 1 saturated heterocycles. The maximum absolute atomic E-state index is 13.4. The lowest BCUT2D eigenvalue weighted by Gasteiger charge is -2.47. The molecule has 0 aliphatic carbocycles. The molecule has 2 amide bonds. The van der Waals surface area contributed by atoms with Crippen LogP contribution in [-0.2, 0) is 16.9 Å². The van der Waals surface area contributed by atoms with Crippen molar-refractivity contribution in [3.05, 3.63) is 94.8 Å². The van der Waals surface area contributed by atoms with Crippen molar-refractivity contribution in [2.45, 2.75) is 12.1 Å². The normalized spacial score (nSPS) is 19.7. The Morgan fingerprint density at radius 3 is 2.65 bits per heavy atom. The first-order valence-corrected chi connectivity index (χ1v) is 10.5. The molecule has 0 N–H and O–H groups in total. The van der Waals surface area contributed by atoms with Crippen LogP contribution in [0.1, 0.15) is 21.5 Å². The number of pyridine rings is 1. The Balaban J connectivity index is 1.55. The Bertz CT molecular complexity index is 1140. The minimum atomic E-state index is -0.911. The molecule has 2 aliphatic rings. The third kappa shape index (κ3) is 3.24. The van der Waals surface area contributed by atoms with Gasteiger partial charge in [0.15, 0.2) is 6.61 Å². The van der Waals surface area contributed by atoms with E-state index >= 15 is 0 Å². The fourth-order valence-electron chi connectivity index (χ4n) is 4.59. The summed E-state index contributed by atoms with van der Waals surface area (Å²) in [6.45, 7) is 0.747. The molecular formula is C24H20ClN3O3. The van der Waals surface area contributed by atoms with Crippen molar-refractivity contribution in [3.8, 4) is 5.75 Å². The molecule has 7 heteroatoms. The van der Waals surface area contributed by atoms with E-state index in [-0.39, 0.29) is 18.4 Å². The van der Waals surface area contributed by atoms with Gasteiger partial charge in [-0.05, 0) is 41.5 Å². The zero-order valence-corrected chi connectivity index (χ0v) is 17.5. The number of hydrogen-bond acceptors (Lipinski definition) is 4. The Morgan fingerprint density at radius 2 is 1.87 bits per heavy atom. The van der Waals surface area contributed by atoms with Crippen molar-refractivity contribution in [2.24, 2.45) is 0 Å². The molecule has 156 valence electrons. The third-order valence-electron chi connectivity index (χ3n) is 5.97. The van der Waals surface area contributed by atoms with Crippen LogP contribution in [0, 0.1) is 0 Å². The molecule has 0 saturated carbocycles. The standard InChI is InChI=1S/C24H20ClN3O3/c25-19-9-7-18(8-10-19)24-14-17-4-1-2-6-21(17)23(30)28(24)13-12-27(24)22(29)16-31-20-5-3-11-26-15-20/h1-11,15H,12-14,16H2. The van der Waals surface area contributed by atoms with Crippen molar-refractivity contribution >= 4 is 23.4 Å². The Labute approximate surface area is 185 Å². The number of ether oxygens (including phenoxy) is 1. The quantitative estimate of drug-likeness (QED) is 0.631. The summed E-state index contributed by atoms with van der Waals surface area (Å²) in [5.41, 5.74) is 1.55. The first-order valence-electron chi connectivity index (χ1n) is 10.1. The molecule has 1 fully saturated rings. The Morgan fingerprint density at radius 1 is 1.06 bits per heavy atom. The van der Waals surface area contributed by atoms with E-state index in [1.54, 1.807) is 46.5 Å². The van der Waals surface area contributed by atoms with Crippen molar-refractivity contribution in [2.75, 3.05) is 19.7 Å². The minimum absolute atomic E-state index is 0.0692. The molecule has 6 nitrogen and oxygen atoms in total. The van der Waals surface area contributed by atoms with E-state index in [4.69, 9.17) is 16.3 Å². The first-order chi connectivity index (χ1) is 15.1. The zero-order chi connectivity index (χ0) is 21.4. The molecule has 5 rings (SSSR count).